The van der Waals surface area contributed by atoms with E-state index in [0.717, 1.165) is 5.56 Å². The van der Waals surface area contributed by atoms with Crippen LogP contribution in [-0.2, 0) is 4.74 Å². The van der Waals surface area contributed by atoms with E-state index in [1.807, 2.05) is 29.2 Å². The Morgan fingerprint density at radius 2 is 1.76 bits per heavy atom. The number of ether oxygens (including phenoxy) is 3. The SMILES string of the molecule is N#CC(C#N)=C(c1ccc2c(c1)OCO2)N1CCOCC1. The van der Waals surface area contributed by atoms with E-state index in [-0.39, 0.29) is 12.4 Å². The maximum Gasteiger partial charge on any atom is 0.231 e. The number of fused-ring (bicyclic) bond motifs is 1. The normalized spacial score (nSPS) is 16.0. The molecule has 106 valence electrons. The first-order chi connectivity index (χ1) is 10.3. The maximum atomic E-state index is 9.24. The summed E-state index contributed by atoms with van der Waals surface area (Å²) in [6.07, 6.45) is 0. The predicted molar refractivity (Wildman–Crippen MR) is 73.1 cm³/mol. The van der Waals surface area contributed by atoms with E-state index in [0.29, 0.717) is 43.5 Å². The summed E-state index contributed by atoms with van der Waals surface area (Å²) < 4.78 is 16.0. The molecule has 1 saturated heterocycles. The Balaban J connectivity index is 2.05. The van der Waals surface area contributed by atoms with Gasteiger partial charge in [-0.05, 0) is 18.2 Å². The summed E-state index contributed by atoms with van der Waals surface area (Å²) in [4.78, 5) is 2.00. The highest BCUT2D eigenvalue weighted by Gasteiger charge is 2.22. The van der Waals surface area contributed by atoms with E-state index in [1.54, 1.807) is 6.07 Å². The van der Waals surface area contributed by atoms with Crippen molar-refractivity contribution in [2.75, 3.05) is 33.1 Å². The van der Waals surface area contributed by atoms with Crippen LogP contribution in [-0.4, -0.2) is 38.0 Å². The van der Waals surface area contributed by atoms with Gasteiger partial charge in [-0.15, -0.1) is 0 Å². The maximum absolute atomic E-state index is 9.24. The minimum Gasteiger partial charge on any atom is -0.454 e. The zero-order chi connectivity index (χ0) is 14.7. The second-order valence-electron chi connectivity index (χ2n) is 4.61. The summed E-state index contributed by atoms with van der Waals surface area (Å²) >= 11 is 0. The van der Waals surface area contributed by atoms with Crippen molar-refractivity contribution in [3.05, 3.63) is 29.3 Å². The molecule has 0 unspecified atom stereocenters. The van der Waals surface area contributed by atoms with Crippen LogP contribution in [0.25, 0.3) is 5.70 Å². The fourth-order valence-corrected chi connectivity index (χ4v) is 2.45. The third-order valence-corrected chi connectivity index (χ3v) is 3.43. The van der Waals surface area contributed by atoms with E-state index in [4.69, 9.17) is 14.2 Å². The lowest BCUT2D eigenvalue weighted by Gasteiger charge is -2.31. The van der Waals surface area contributed by atoms with Gasteiger partial charge in [0.05, 0.1) is 18.9 Å². The van der Waals surface area contributed by atoms with Crippen LogP contribution in [0.4, 0.5) is 0 Å². The Bertz CT molecular complexity index is 648. The molecule has 2 aliphatic rings. The molecule has 1 aromatic rings. The molecule has 0 bridgehead atoms. The molecule has 3 rings (SSSR count). The van der Waals surface area contributed by atoms with E-state index >= 15 is 0 Å². The van der Waals surface area contributed by atoms with Crippen LogP contribution in [0.1, 0.15) is 5.56 Å². The van der Waals surface area contributed by atoms with Crippen molar-refractivity contribution >= 4 is 5.70 Å². The minimum absolute atomic E-state index is 0.0933. The molecule has 1 fully saturated rings. The summed E-state index contributed by atoms with van der Waals surface area (Å²) in [5, 5.41) is 18.5. The van der Waals surface area contributed by atoms with Crippen molar-refractivity contribution in [3.8, 4) is 23.6 Å². The number of morpholine rings is 1. The van der Waals surface area contributed by atoms with Gasteiger partial charge in [0.2, 0.25) is 6.79 Å². The molecule has 0 amide bonds. The number of nitriles is 2. The van der Waals surface area contributed by atoms with Gasteiger partial charge < -0.3 is 19.1 Å². The first-order valence-corrected chi connectivity index (χ1v) is 6.60. The highest BCUT2D eigenvalue weighted by Crippen LogP contribution is 2.36. The Hall–Kier alpha value is -2.70. The first-order valence-electron chi connectivity index (χ1n) is 6.60. The molecule has 0 radical (unpaired) electrons. The Morgan fingerprint density at radius 1 is 1.05 bits per heavy atom. The van der Waals surface area contributed by atoms with Crippen molar-refractivity contribution in [2.45, 2.75) is 0 Å². The predicted octanol–water partition coefficient (Wildman–Crippen LogP) is 1.51. The molecule has 6 nitrogen and oxygen atoms in total. The van der Waals surface area contributed by atoms with Gasteiger partial charge in [0.1, 0.15) is 12.1 Å². The zero-order valence-corrected chi connectivity index (χ0v) is 11.3. The van der Waals surface area contributed by atoms with E-state index in [2.05, 4.69) is 0 Å². The average molecular weight is 283 g/mol. The average Bonchev–Trinajstić information content (AvgIpc) is 3.00. The van der Waals surface area contributed by atoms with Gasteiger partial charge in [-0.3, -0.25) is 0 Å². The Labute approximate surface area is 122 Å². The molecule has 0 saturated carbocycles. The standard InChI is InChI=1S/C15H13N3O3/c16-8-12(9-17)15(18-3-5-19-6-4-18)11-1-2-13-14(7-11)21-10-20-13/h1-2,7H,3-6,10H2. The number of benzene rings is 1. The van der Waals surface area contributed by atoms with Crippen LogP contribution >= 0.6 is 0 Å². The summed E-state index contributed by atoms with van der Waals surface area (Å²) in [6, 6.07) is 9.40. The van der Waals surface area contributed by atoms with Gasteiger partial charge in [0, 0.05) is 18.7 Å². The molecule has 0 spiro atoms. The number of nitrogens with zero attached hydrogens (tertiary/aromatic N) is 3. The third kappa shape index (κ3) is 2.49. The van der Waals surface area contributed by atoms with E-state index < -0.39 is 0 Å². The molecule has 0 aromatic heterocycles. The highest BCUT2D eigenvalue weighted by molar-refractivity contribution is 5.75. The molecule has 2 heterocycles. The minimum atomic E-state index is 0.0933. The first kappa shape index (κ1) is 13.3. The molecular formula is C15H13N3O3. The fourth-order valence-electron chi connectivity index (χ4n) is 2.45. The van der Waals surface area contributed by atoms with Crippen LogP contribution in [0, 0.1) is 22.7 Å². The van der Waals surface area contributed by atoms with Crippen molar-refractivity contribution < 1.29 is 14.2 Å². The van der Waals surface area contributed by atoms with Gasteiger partial charge in [0.15, 0.2) is 17.1 Å². The molecule has 0 aliphatic carbocycles. The smallest absolute Gasteiger partial charge is 0.231 e. The quantitative estimate of drug-likeness (QED) is 0.765. The molecule has 1 aromatic carbocycles. The highest BCUT2D eigenvalue weighted by atomic mass is 16.7. The number of rotatable bonds is 2. The summed E-state index contributed by atoms with van der Waals surface area (Å²) in [5.74, 6) is 1.31. The molecule has 0 atom stereocenters. The van der Waals surface area contributed by atoms with Crippen molar-refractivity contribution in [3.63, 3.8) is 0 Å². The fraction of sp³-hybridized carbons (Fsp3) is 0.333. The van der Waals surface area contributed by atoms with Crippen LogP contribution in [0.2, 0.25) is 0 Å². The molecule has 6 heteroatoms. The van der Waals surface area contributed by atoms with Gasteiger partial charge in [-0.2, -0.15) is 10.5 Å². The molecule has 0 N–H and O–H groups in total. The van der Waals surface area contributed by atoms with E-state index in [9.17, 15) is 10.5 Å². The summed E-state index contributed by atoms with van der Waals surface area (Å²) in [6.45, 7) is 2.66. The van der Waals surface area contributed by atoms with Crippen molar-refractivity contribution in [1.29, 1.82) is 10.5 Å². The topological polar surface area (TPSA) is 78.5 Å². The van der Waals surface area contributed by atoms with Gasteiger partial charge in [0.25, 0.3) is 0 Å². The third-order valence-electron chi connectivity index (χ3n) is 3.43. The Morgan fingerprint density at radius 3 is 2.48 bits per heavy atom. The number of hydrogen-bond donors (Lipinski definition) is 0. The largest absolute Gasteiger partial charge is 0.454 e. The summed E-state index contributed by atoms with van der Waals surface area (Å²) in [5.41, 5.74) is 1.50. The second kappa shape index (κ2) is 5.74. The van der Waals surface area contributed by atoms with Crippen LogP contribution in [0.5, 0.6) is 11.5 Å². The molecule has 2 aliphatic heterocycles. The van der Waals surface area contributed by atoms with Crippen molar-refractivity contribution in [1.82, 2.24) is 4.90 Å². The number of hydrogen-bond acceptors (Lipinski definition) is 6. The zero-order valence-electron chi connectivity index (χ0n) is 11.3. The molecular weight excluding hydrogens is 270 g/mol. The van der Waals surface area contributed by atoms with Crippen LogP contribution < -0.4 is 9.47 Å². The number of allylic oxidation sites excluding steroid dienone is 1. The van der Waals surface area contributed by atoms with E-state index in [1.165, 1.54) is 0 Å². The monoisotopic (exact) mass is 283 g/mol. The van der Waals surface area contributed by atoms with Crippen LogP contribution in [0.15, 0.2) is 23.8 Å². The molecule has 21 heavy (non-hydrogen) atoms. The second-order valence-corrected chi connectivity index (χ2v) is 4.61. The van der Waals surface area contributed by atoms with Crippen LogP contribution in [0.3, 0.4) is 0 Å². The Kier molecular flexibility index (Phi) is 3.63. The van der Waals surface area contributed by atoms with Gasteiger partial charge in [-0.1, -0.05) is 0 Å². The van der Waals surface area contributed by atoms with Crippen molar-refractivity contribution in [2.24, 2.45) is 0 Å². The lowest BCUT2D eigenvalue weighted by Crippen LogP contribution is -2.35. The summed E-state index contributed by atoms with van der Waals surface area (Å²) in [7, 11) is 0. The lowest BCUT2D eigenvalue weighted by molar-refractivity contribution is 0.0638. The van der Waals surface area contributed by atoms with Gasteiger partial charge in [-0.25, -0.2) is 0 Å². The lowest BCUT2D eigenvalue weighted by atomic mass is 10.0. The van der Waals surface area contributed by atoms with Gasteiger partial charge >= 0.3 is 0 Å².